The van der Waals surface area contributed by atoms with Crippen LogP contribution in [0.4, 0.5) is 0 Å². The third-order valence-electron chi connectivity index (χ3n) is 5.50. The van der Waals surface area contributed by atoms with Gasteiger partial charge in [-0.05, 0) is 48.9 Å². The van der Waals surface area contributed by atoms with Gasteiger partial charge in [-0.25, -0.2) is 4.98 Å². The summed E-state index contributed by atoms with van der Waals surface area (Å²) in [4.78, 5) is 25.8. The maximum Gasteiger partial charge on any atom is 0.254 e. The van der Waals surface area contributed by atoms with Crippen LogP contribution in [0.25, 0.3) is 10.9 Å². The second-order valence-electron chi connectivity index (χ2n) is 7.55. The molecule has 0 atom stereocenters. The molecule has 26 heavy (non-hydrogen) atoms. The third kappa shape index (κ3) is 3.06. The Labute approximate surface area is 156 Å². The van der Waals surface area contributed by atoms with E-state index in [4.69, 9.17) is 16.6 Å². The van der Waals surface area contributed by atoms with Crippen LogP contribution in [0.3, 0.4) is 0 Å². The summed E-state index contributed by atoms with van der Waals surface area (Å²) in [5.74, 6) is 1.57. The van der Waals surface area contributed by atoms with E-state index in [1.54, 1.807) is 0 Å². The van der Waals surface area contributed by atoms with Crippen LogP contribution in [0.5, 0.6) is 0 Å². The molecule has 0 unspecified atom stereocenters. The number of aromatic nitrogens is 3. The molecule has 0 saturated heterocycles. The molecule has 5 nitrogen and oxygen atoms in total. The summed E-state index contributed by atoms with van der Waals surface area (Å²) in [7, 11) is 0. The fraction of sp³-hybridized carbons (Fsp3) is 0.400. The number of hydrogen-bond donors (Lipinski definition) is 2. The van der Waals surface area contributed by atoms with Gasteiger partial charge in [-0.15, -0.1) is 0 Å². The highest BCUT2D eigenvalue weighted by molar-refractivity contribution is 6.31. The maximum atomic E-state index is 12.4. The Kier molecular flexibility index (Phi) is 3.87. The van der Waals surface area contributed by atoms with Crippen LogP contribution >= 0.6 is 11.6 Å². The van der Waals surface area contributed by atoms with Crippen molar-refractivity contribution < 1.29 is 0 Å². The molecule has 134 valence electrons. The Bertz CT molecular complexity index is 1030. The fourth-order valence-electron chi connectivity index (χ4n) is 3.89. The van der Waals surface area contributed by atoms with Gasteiger partial charge in [-0.3, -0.25) is 9.69 Å². The second kappa shape index (κ2) is 6.25. The van der Waals surface area contributed by atoms with Crippen LogP contribution in [0, 0.1) is 5.92 Å². The first-order chi connectivity index (χ1) is 12.7. The molecule has 3 heterocycles. The standard InChI is InChI=1S/C20H21ClN4O/c21-14-3-4-17-16(8-14)13(9-22-17)10-25-6-5-15-18(11-25)23-19(24-20(15)26)7-12-1-2-12/h3-4,8-9,12,22H,1-2,5-7,10-11H2,(H,23,24,26). The minimum Gasteiger partial charge on any atom is -0.361 e. The van der Waals surface area contributed by atoms with Gasteiger partial charge in [0, 0.05) is 53.7 Å². The van der Waals surface area contributed by atoms with E-state index in [9.17, 15) is 4.79 Å². The zero-order valence-corrected chi connectivity index (χ0v) is 15.3. The lowest BCUT2D eigenvalue weighted by Gasteiger charge is -2.27. The number of nitrogens with one attached hydrogen (secondary N) is 2. The zero-order valence-electron chi connectivity index (χ0n) is 14.5. The fourth-order valence-corrected chi connectivity index (χ4v) is 4.07. The number of aromatic amines is 2. The molecule has 1 fully saturated rings. The number of rotatable bonds is 4. The molecule has 0 amide bonds. The average Bonchev–Trinajstić information content (AvgIpc) is 3.35. The number of H-pyrrole nitrogens is 2. The van der Waals surface area contributed by atoms with Gasteiger partial charge in [-0.2, -0.15) is 0 Å². The van der Waals surface area contributed by atoms with E-state index in [0.29, 0.717) is 5.92 Å². The zero-order chi connectivity index (χ0) is 17.7. The molecule has 2 aliphatic rings. The molecule has 1 saturated carbocycles. The number of nitrogens with zero attached hydrogens (tertiary/aromatic N) is 2. The Morgan fingerprint density at radius 1 is 1.31 bits per heavy atom. The molecule has 5 rings (SSSR count). The number of benzene rings is 1. The van der Waals surface area contributed by atoms with Gasteiger partial charge in [0.25, 0.3) is 5.56 Å². The highest BCUT2D eigenvalue weighted by Gasteiger charge is 2.25. The highest BCUT2D eigenvalue weighted by atomic mass is 35.5. The lowest BCUT2D eigenvalue weighted by molar-refractivity contribution is 0.241. The predicted octanol–water partition coefficient (Wildman–Crippen LogP) is 3.42. The van der Waals surface area contributed by atoms with Crippen LogP contribution in [-0.2, 0) is 25.9 Å². The molecule has 6 heteroatoms. The van der Waals surface area contributed by atoms with Crippen molar-refractivity contribution in [3.05, 3.63) is 62.4 Å². The van der Waals surface area contributed by atoms with E-state index in [0.717, 1.165) is 65.5 Å². The van der Waals surface area contributed by atoms with Gasteiger partial charge in [-0.1, -0.05) is 11.6 Å². The van der Waals surface area contributed by atoms with Crippen molar-refractivity contribution in [1.82, 2.24) is 19.9 Å². The van der Waals surface area contributed by atoms with Crippen molar-refractivity contribution in [3.63, 3.8) is 0 Å². The number of hydrogen-bond acceptors (Lipinski definition) is 3. The van der Waals surface area contributed by atoms with E-state index < -0.39 is 0 Å². The molecular formula is C20H21ClN4O. The van der Waals surface area contributed by atoms with Crippen molar-refractivity contribution in [2.75, 3.05) is 6.54 Å². The van der Waals surface area contributed by atoms with Crippen LogP contribution in [0.15, 0.2) is 29.2 Å². The van der Waals surface area contributed by atoms with Gasteiger partial charge in [0.1, 0.15) is 5.82 Å². The van der Waals surface area contributed by atoms with Crippen LogP contribution < -0.4 is 5.56 Å². The Morgan fingerprint density at radius 3 is 3.04 bits per heavy atom. The summed E-state index contributed by atoms with van der Waals surface area (Å²) in [5.41, 5.74) is 4.21. The van der Waals surface area contributed by atoms with E-state index in [2.05, 4.69) is 21.1 Å². The number of halogens is 1. The quantitative estimate of drug-likeness (QED) is 0.741. The molecule has 1 aromatic carbocycles. The minimum absolute atomic E-state index is 0.0594. The lowest BCUT2D eigenvalue weighted by atomic mass is 10.0. The SMILES string of the molecule is O=c1[nH]c(CC2CC2)nc2c1CCN(Cc1c[nH]c3ccc(Cl)cc13)C2. The highest BCUT2D eigenvalue weighted by Crippen LogP contribution is 2.32. The van der Waals surface area contributed by atoms with Gasteiger partial charge in [0.2, 0.25) is 0 Å². The minimum atomic E-state index is 0.0594. The summed E-state index contributed by atoms with van der Waals surface area (Å²) in [6.45, 7) is 2.42. The van der Waals surface area contributed by atoms with Crippen molar-refractivity contribution >= 4 is 22.5 Å². The Balaban J connectivity index is 1.40. The summed E-state index contributed by atoms with van der Waals surface area (Å²) in [6, 6.07) is 5.92. The first kappa shape index (κ1) is 16.1. The summed E-state index contributed by atoms with van der Waals surface area (Å²) < 4.78 is 0. The molecule has 1 aliphatic carbocycles. The first-order valence-electron chi connectivity index (χ1n) is 9.24. The van der Waals surface area contributed by atoms with Gasteiger partial charge < -0.3 is 9.97 Å². The monoisotopic (exact) mass is 368 g/mol. The smallest absolute Gasteiger partial charge is 0.254 e. The van der Waals surface area contributed by atoms with E-state index in [1.165, 1.54) is 18.4 Å². The molecule has 2 N–H and O–H groups in total. The lowest BCUT2D eigenvalue weighted by Crippen LogP contribution is -2.35. The molecule has 0 radical (unpaired) electrons. The van der Waals surface area contributed by atoms with Gasteiger partial charge in [0.05, 0.1) is 5.69 Å². The van der Waals surface area contributed by atoms with E-state index >= 15 is 0 Å². The predicted molar refractivity (Wildman–Crippen MR) is 102 cm³/mol. The maximum absolute atomic E-state index is 12.4. The second-order valence-corrected chi connectivity index (χ2v) is 7.99. The average molecular weight is 369 g/mol. The normalized spacial score (nSPS) is 17.6. The topological polar surface area (TPSA) is 64.8 Å². The largest absolute Gasteiger partial charge is 0.361 e. The first-order valence-corrected chi connectivity index (χ1v) is 9.62. The van der Waals surface area contributed by atoms with Crippen molar-refractivity contribution in [1.29, 1.82) is 0 Å². The molecule has 2 aromatic heterocycles. The molecule has 0 spiro atoms. The van der Waals surface area contributed by atoms with Gasteiger partial charge >= 0.3 is 0 Å². The van der Waals surface area contributed by atoms with Gasteiger partial charge in [0.15, 0.2) is 0 Å². The summed E-state index contributed by atoms with van der Waals surface area (Å²) in [6.07, 6.45) is 6.24. The van der Waals surface area contributed by atoms with Crippen molar-refractivity contribution in [2.45, 2.75) is 38.8 Å². The van der Waals surface area contributed by atoms with Crippen LogP contribution in [0.2, 0.25) is 5.02 Å². The molecule has 0 bridgehead atoms. The third-order valence-corrected chi connectivity index (χ3v) is 5.74. The number of fused-ring (bicyclic) bond motifs is 2. The van der Waals surface area contributed by atoms with Crippen molar-refractivity contribution in [2.24, 2.45) is 5.92 Å². The molecular weight excluding hydrogens is 348 g/mol. The summed E-state index contributed by atoms with van der Waals surface area (Å²) >= 11 is 6.16. The van der Waals surface area contributed by atoms with Crippen LogP contribution in [0.1, 0.15) is 35.5 Å². The van der Waals surface area contributed by atoms with Crippen molar-refractivity contribution in [3.8, 4) is 0 Å². The van der Waals surface area contributed by atoms with E-state index in [-0.39, 0.29) is 5.56 Å². The van der Waals surface area contributed by atoms with E-state index in [1.807, 2.05) is 18.2 Å². The summed E-state index contributed by atoms with van der Waals surface area (Å²) in [5, 5.41) is 1.91. The molecule has 3 aromatic rings. The Morgan fingerprint density at radius 2 is 2.19 bits per heavy atom. The Hall–Kier alpha value is -2.11. The van der Waals surface area contributed by atoms with Crippen LogP contribution in [-0.4, -0.2) is 26.4 Å². The molecule has 1 aliphatic heterocycles.